The van der Waals surface area contributed by atoms with Gasteiger partial charge < -0.3 is 4.98 Å². The van der Waals surface area contributed by atoms with E-state index < -0.39 is 0 Å². The third kappa shape index (κ3) is 3.27. The normalized spacial score (nSPS) is 14.5. The molecular formula is C14H12BrClN2OS. The molecule has 1 aromatic carbocycles. The van der Waals surface area contributed by atoms with E-state index in [-0.39, 0.29) is 5.56 Å². The van der Waals surface area contributed by atoms with E-state index in [9.17, 15) is 4.79 Å². The van der Waals surface area contributed by atoms with E-state index in [0.29, 0.717) is 16.1 Å². The van der Waals surface area contributed by atoms with Gasteiger partial charge in [-0.3, -0.25) is 4.79 Å². The summed E-state index contributed by atoms with van der Waals surface area (Å²) in [5.41, 5.74) is 0.814. The van der Waals surface area contributed by atoms with E-state index in [1.54, 1.807) is 11.8 Å². The first-order chi connectivity index (χ1) is 9.63. The van der Waals surface area contributed by atoms with E-state index in [1.165, 1.54) is 0 Å². The lowest BCUT2D eigenvalue weighted by Crippen LogP contribution is -2.14. The number of hydrogen-bond donors (Lipinski definition) is 1. The maximum Gasteiger partial charge on any atom is 0.265 e. The van der Waals surface area contributed by atoms with Crippen LogP contribution in [0.15, 0.2) is 38.4 Å². The summed E-state index contributed by atoms with van der Waals surface area (Å²) in [5.74, 6) is 1.81. The number of benzene rings is 1. The van der Waals surface area contributed by atoms with Crippen molar-refractivity contribution >= 4 is 39.3 Å². The number of rotatable bonds is 4. The Morgan fingerprint density at radius 2 is 2.05 bits per heavy atom. The number of aromatic nitrogens is 2. The average Bonchev–Trinajstić information content (AvgIpc) is 3.26. The summed E-state index contributed by atoms with van der Waals surface area (Å²) in [4.78, 5) is 20.4. The van der Waals surface area contributed by atoms with Gasteiger partial charge in [-0.15, -0.1) is 11.8 Å². The molecule has 1 N–H and O–H groups in total. The van der Waals surface area contributed by atoms with Crippen LogP contribution in [0, 0.1) is 0 Å². The van der Waals surface area contributed by atoms with Crippen molar-refractivity contribution in [2.75, 3.05) is 0 Å². The third-order valence-electron chi connectivity index (χ3n) is 3.09. The van der Waals surface area contributed by atoms with Gasteiger partial charge in [-0.05, 0) is 53.0 Å². The van der Waals surface area contributed by atoms with Gasteiger partial charge in [0, 0.05) is 15.8 Å². The highest BCUT2D eigenvalue weighted by Gasteiger charge is 2.28. The van der Waals surface area contributed by atoms with Crippen LogP contribution in [-0.2, 0) is 5.75 Å². The quantitative estimate of drug-likeness (QED) is 0.812. The Hall–Kier alpha value is -0.780. The fourth-order valence-corrected chi connectivity index (χ4v) is 3.31. The Bertz CT molecular complexity index is 683. The number of nitrogens with zero attached hydrogens (tertiary/aromatic N) is 1. The van der Waals surface area contributed by atoms with Crippen molar-refractivity contribution in [3.63, 3.8) is 0 Å². The van der Waals surface area contributed by atoms with E-state index >= 15 is 0 Å². The molecule has 1 aromatic heterocycles. The molecule has 2 aromatic rings. The number of aromatic amines is 1. The van der Waals surface area contributed by atoms with E-state index in [0.717, 1.165) is 34.3 Å². The molecule has 0 bridgehead atoms. The van der Waals surface area contributed by atoms with Gasteiger partial charge in [-0.25, -0.2) is 4.98 Å². The molecule has 0 spiro atoms. The van der Waals surface area contributed by atoms with Crippen LogP contribution in [-0.4, -0.2) is 9.97 Å². The van der Waals surface area contributed by atoms with Crippen LogP contribution in [0.25, 0.3) is 0 Å². The summed E-state index contributed by atoms with van der Waals surface area (Å²) in [6.07, 6.45) is 2.25. The zero-order valence-electron chi connectivity index (χ0n) is 10.5. The molecule has 1 fully saturated rings. The largest absolute Gasteiger partial charge is 0.309 e. The summed E-state index contributed by atoms with van der Waals surface area (Å²) < 4.78 is 0.584. The third-order valence-corrected chi connectivity index (χ3v) is 5.13. The first kappa shape index (κ1) is 14.2. The van der Waals surface area contributed by atoms with Crippen LogP contribution in [0.4, 0.5) is 0 Å². The molecule has 0 saturated heterocycles. The van der Waals surface area contributed by atoms with Gasteiger partial charge in [-0.2, -0.15) is 0 Å². The van der Waals surface area contributed by atoms with Gasteiger partial charge in [0.1, 0.15) is 10.3 Å². The van der Waals surface area contributed by atoms with Crippen LogP contribution in [0.3, 0.4) is 0 Å². The molecule has 1 heterocycles. The Morgan fingerprint density at radius 3 is 2.70 bits per heavy atom. The zero-order chi connectivity index (χ0) is 14.1. The average molecular weight is 372 g/mol. The molecule has 1 aliphatic rings. The van der Waals surface area contributed by atoms with Crippen LogP contribution in [0.2, 0.25) is 5.02 Å². The van der Waals surface area contributed by atoms with Gasteiger partial charge in [-0.1, -0.05) is 11.6 Å². The molecule has 0 unspecified atom stereocenters. The molecule has 0 aliphatic heterocycles. The predicted octanol–water partition coefficient (Wildman–Crippen LogP) is 4.36. The highest BCUT2D eigenvalue weighted by molar-refractivity contribution is 9.10. The molecule has 1 aliphatic carbocycles. The van der Waals surface area contributed by atoms with Gasteiger partial charge in [0.15, 0.2) is 0 Å². The SMILES string of the molecule is O=c1[nH]c(CSc2ccc(Cl)cc2)nc(C2CC2)c1Br. The minimum absolute atomic E-state index is 0.0893. The summed E-state index contributed by atoms with van der Waals surface area (Å²) in [5, 5.41) is 0.723. The monoisotopic (exact) mass is 370 g/mol. The van der Waals surface area contributed by atoms with Crippen LogP contribution in [0.1, 0.15) is 30.3 Å². The first-order valence-corrected chi connectivity index (χ1v) is 8.46. The Kier molecular flexibility index (Phi) is 4.19. The van der Waals surface area contributed by atoms with Crippen LogP contribution >= 0.6 is 39.3 Å². The zero-order valence-corrected chi connectivity index (χ0v) is 13.7. The Morgan fingerprint density at radius 1 is 1.35 bits per heavy atom. The van der Waals surface area contributed by atoms with Crippen LogP contribution < -0.4 is 5.56 Å². The fourth-order valence-electron chi connectivity index (χ4n) is 1.90. The maximum atomic E-state index is 11.9. The van der Waals surface area contributed by atoms with E-state index in [2.05, 4.69) is 25.9 Å². The molecule has 1 saturated carbocycles. The van der Waals surface area contributed by atoms with E-state index in [4.69, 9.17) is 11.6 Å². The predicted molar refractivity (Wildman–Crippen MR) is 85.5 cm³/mol. The van der Waals surface area contributed by atoms with Gasteiger partial charge >= 0.3 is 0 Å². The number of H-pyrrole nitrogens is 1. The Labute approximate surface area is 134 Å². The lowest BCUT2D eigenvalue weighted by Gasteiger charge is -2.06. The maximum absolute atomic E-state index is 11.9. The highest BCUT2D eigenvalue weighted by Crippen LogP contribution is 2.41. The van der Waals surface area contributed by atoms with Gasteiger partial charge in [0.2, 0.25) is 0 Å². The molecule has 3 nitrogen and oxygen atoms in total. The summed E-state index contributed by atoms with van der Waals surface area (Å²) >= 11 is 10.8. The van der Waals surface area contributed by atoms with Crippen molar-refractivity contribution in [1.29, 1.82) is 0 Å². The first-order valence-electron chi connectivity index (χ1n) is 6.30. The molecule has 104 valence electrons. The molecule has 3 rings (SSSR count). The minimum atomic E-state index is -0.0893. The number of halogens is 2. The lowest BCUT2D eigenvalue weighted by molar-refractivity contribution is 0.899. The van der Waals surface area contributed by atoms with Crippen molar-refractivity contribution < 1.29 is 0 Å². The smallest absolute Gasteiger partial charge is 0.265 e. The number of thioether (sulfide) groups is 1. The van der Waals surface area contributed by atoms with Crippen LogP contribution in [0.5, 0.6) is 0 Å². The van der Waals surface area contributed by atoms with Crippen molar-refractivity contribution in [2.45, 2.75) is 29.4 Å². The van der Waals surface area contributed by atoms with Crippen molar-refractivity contribution in [2.24, 2.45) is 0 Å². The van der Waals surface area contributed by atoms with Crippen molar-refractivity contribution in [3.05, 3.63) is 55.6 Å². The molecule has 0 amide bonds. The summed E-state index contributed by atoms with van der Waals surface area (Å²) in [6, 6.07) is 7.64. The van der Waals surface area contributed by atoms with Gasteiger partial charge in [0.05, 0.1) is 11.4 Å². The lowest BCUT2D eigenvalue weighted by atomic mass is 10.3. The summed E-state index contributed by atoms with van der Waals surface area (Å²) in [7, 11) is 0. The van der Waals surface area contributed by atoms with Gasteiger partial charge in [0.25, 0.3) is 5.56 Å². The standard InChI is InChI=1S/C14H12BrClN2OS/c15-12-13(8-1-2-8)17-11(18-14(12)19)7-20-10-5-3-9(16)4-6-10/h3-6,8H,1-2,7H2,(H,17,18,19). The van der Waals surface area contributed by atoms with Crippen molar-refractivity contribution in [1.82, 2.24) is 9.97 Å². The number of nitrogens with one attached hydrogen (secondary N) is 1. The highest BCUT2D eigenvalue weighted by atomic mass is 79.9. The van der Waals surface area contributed by atoms with E-state index in [1.807, 2.05) is 24.3 Å². The second-order valence-corrected chi connectivity index (χ2v) is 7.01. The fraction of sp³-hybridized carbons (Fsp3) is 0.286. The minimum Gasteiger partial charge on any atom is -0.309 e. The summed E-state index contributed by atoms with van der Waals surface area (Å²) in [6.45, 7) is 0. The number of hydrogen-bond acceptors (Lipinski definition) is 3. The second kappa shape index (κ2) is 5.92. The van der Waals surface area contributed by atoms with Crippen molar-refractivity contribution in [3.8, 4) is 0 Å². The molecule has 0 atom stereocenters. The molecule has 6 heteroatoms. The topological polar surface area (TPSA) is 45.8 Å². The second-order valence-electron chi connectivity index (χ2n) is 4.73. The molecule has 20 heavy (non-hydrogen) atoms. The Balaban J connectivity index is 1.77. The molecule has 0 radical (unpaired) electrons. The molecular weight excluding hydrogens is 360 g/mol.